The Balaban J connectivity index is 1.74. The summed E-state index contributed by atoms with van der Waals surface area (Å²) in [6.07, 6.45) is 0.665. The molecule has 2 N–H and O–H groups in total. The first-order valence-electron chi connectivity index (χ1n) is 9.95. The highest BCUT2D eigenvalue weighted by atomic mass is 16.5. The quantitative estimate of drug-likeness (QED) is 0.550. The van der Waals surface area contributed by atoms with Crippen molar-refractivity contribution in [3.63, 3.8) is 0 Å². The van der Waals surface area contributed by atoms with Crippen molar-refractivity contribution < 1.29 is 14.4 Å². The van der Waals surface area contributed by atoms with Crippen molar-refractivity contribution in [2.45, 2.75) is 27.2 Å². The molecular formula is C21H26N6O3. The Labute approximate surface area is 175 Å². The lowest BCUT2D eigenvalue weighted by Gasteiger charge is -2.18. The predicted octanol–water partition coefficient (Wildman–Crippen LogP) is 2.00. The molecule has 2 aromatic heterocycles. The first kappa shape index (κ1) is 21.4. The average Bonchev–Trinajstić information content (AvgIpc) is 3.25. The standard InChI is InChI=1S/C21H26N6O3/c1-4-27(5-2)21-23-14(3)12-17(24-21)20-25-19(26-30-20)16-8-6-15(7-9-16)10-11-22-18(29)13-28/h6-9,12,28H,4-5,10-11,13H2,1-3H3,(H,22,29). The van der Waals surface area contributed by atoms with Crippen molar-refractivity contribution in [2.24, 2.45) is 0 Å². The number of aliphatic hydroxyl groups is 1. The van der Waals surface area contributed by atoms with Crippen LogP contribution >= 0.6 is 0 Å². The van der Waals surface area contributed by atoms with Crippen LogP contribution in [0.25, 0.3) is 23.0 Å². The topological polar surface area (TPSA) is 117 Å². The molecule has 2 heterocycles. The number of carbonyl (C=O) groups is 1. The number of rotatable bonds is 9. The van der Waals surface area contributed by atoms with Gasteiger partial charge in [-0.3, -0.25) is 4.79 Å². The molecule has 0 spiro atoms. The van der Waals surface area contributed by atoms with E-state index in [1.165, 1.54) is 0 Å². The van der Waals surface area contributed by atoms with Crippen LogP contribution in [0.2, 0.25) is 0 Å². The number of anilines is 1. The Kier molecular flexibility index (Phi) is 7.08. The lowest BCUT2D eigenvalue weighted by molar-refractivity contribution is -0.123. The zero-order valence-corrected chi connectivity index (χ0v) is 17.4. The minimum atomic E-state index is -0.499. The lowest BCUT2D eigenvalue weighted by Crippen LogP contribution is -2.28. The number of aryl methyl sites for hydroxylation is 1. The van der Waals surface area contributed by atoms with Gasteiger partial charge >= 0.3 is 0 Å². The third-order valence-electron chi connectivity index (χ3n) is 4.63. The van der Waals surface area contributed by atoms with E-state index in [-0.39, 0.29) is 5.91 Å². The van der Waals surface area contributed by atoms with Crippen LogP contribution in [0, 0.1) is 6.92 Å². The Morgan fingerprint density at radius 1 is 1.13 bits per heavy atom. The van der Waals surface area contributed by atoms with Gasteiger partial charge in [-0.2, -0.15) is 4.98 Å². The van der Waals surface area contributed by atoms with E-state index < -0.39 is 6.61 Å². The van der Waals surface area contributed by atoms with Gasteiger partial charge in [0.2, 0.25) is 17.7 Å². The van der Waals surface area contributed by atoms with Gasteiger partial charge in [0, 0.05) is 30.9 Å². The van der Waals surface area contributed by atoms with Crippen LogP contribution in [-0.4, -0.2) is 57.4 Å². The second kappa shape index (κ2) is 9.93. The Hall–Kier alpha value is -3.33. The third kappa shape index (κ3) is 5.18. The van der Waals surface area contributed by atoms with Gasteiger partial charge in [-0.15, -0.1) is 0 Å². The first-order valence-corrected chi connectivity index (χ1v) is 9.95. The number of nitrogens with one attached hydrogen (secondary N) is 1. The fraction of sp³-hybridized carbons (Fsp3) is 0.381. The molecule has 0 saturated carbocycles. The molecule has 0 saturated heterocycles. The Bertz CT molecular complexity index is 983. The van der Waals surface area contributed by atoms with Crippen molar-refractivity contribution in [1.29, 1.82) is 0 Å². The summed E-state index contributed by atoms with van der Waals surface area (Å²) in [5.74, 6) is 1.09. The lowest BCUT2D eigenvalue weighted by atomic mass is 10.1. The maximum Gasteiger partial charge on any atom is 0.277 e. The second-order valence-corrected chi connectivity index (χ2v) is 6.74. The largest absolute Gasteiger partial charge is 0.387 e. The molecule has 0 atom stereocenters. The monoisotopic (exact) mass is 410 g/mol. The molecule has 9 heteroatoms. The maximum absolute atomic E-state index is 11.1. The average molecular weight is 410 g/mol. The van der Waals surface area contributed by atoms with Gasteiger partial charge < -0.3 is 19.8 Å². The van der Waals surface area contributed by atoms with E-state index in [4.69, 9.17) is 9.63 Å². The molecule has 0 aliphatic heterocycles. The molecule has 0 fully saturated rings. The Morgan fingerprint density at radius 3 is 2.53 bits per heavy atom. The van der Waals surface area contributed by atoms with E-state index in [1.54, 1.807) is 0 Å². The summed E-state index contributed by atoms with van der Waals surface area (Å²) in [7, 11) is 0. The molecule has 9 nitrogen and oxygen atoms in total. The highest BCUT2D eigenvalue weighted by Gasteiger charge is 2.15. The highest BCUT2D eigenvalue weighted by Crippen LogP contribution is 2.23. The zero-order valence-electron chi connectivity index (χ0n) is 17.4. The number of nitrogens with zero attached hydrogens (tertiary/aromatic N) is 5. The molecule has 158 valence electrons. The van der Waals surface area contributed by atoms with Crippen LogP contribution < -0.4 is 10.2 Å². The summed E-state index contributed by atoms with van der Waals surface area (Å²) in [6, 6.07) is 9.54. The molecule has 0 aliphatic carbocycles. The van der Waals surface area contributed by atoms with Crippen LogP contribution in [0.15, 0.2) is 34.9 Å². The van der Waals surface area contributed by atoms with E-state index in [1.807, 2.05) is 37.3 Å². The van der Waals surface area contributed by atoms with Crippen molar-refractivity contribution in [1.82, 2.24) is 25.4 Å². The number of aromatic nitrogens is 4. The second-order valence-electron chi connectivity index (χ2n) is 6.74. The predicted molar refractivity (Wildman–Crippen MR) is 113 cm³/mol. The van der Waals surface area contributed by atoms with Crippen molar-refractivity contribution in [3.05, 3.63) is 41.6 Å². The summed E-state index contributed by atoms with van der Waals surface area (Å²) in [5.41, 5.74) is 3.30. The van der Waals surface area contributed by atoms with Crippen molar-refractivity contribution in [2.75, 3.05) is 31.1 Å². The summed E-state index contributed by atoms with van der Waals surface area (Å²) >= 11 is 0. The molecule has 1 amide bonds. The molecule has 0 bridgehead atoms. The summed E-state index contributed by atoms with van der Waals surface area (Å²) < 4.78 is 5.45. The van der Waals surface area contributed by atoms with E-state index >= 15 is 0 Å². The molecular weight excluding hydrogens is 384 g/mol. The Morgan fingerprint density at radius 2 is 1.87 bits per heavy atom. The molecule has 30 heavy (non-hydrogen) atoms. The van der Waals surface area contributed by atoms with Crippen LogP contribution in [-0.2, 0) is 11.2 Å². The number of amides is 1. The number of carbonyl (C=O) groups excluding carboxylic acids is 1. The third-order valence-corrected chi connectivity index (χ3v) is 4.63. The van der Waals surface area contributed by atoms with E-state index in [9.17, 15) is 4.79 Å². The van der Waals surface area contributed by atoms with Gasteiger partial charge in [-0.1, -0.05) is 29.4 Å². The van der Waals surface area contributed by atoms with E-state index in [0.717, 1.165) is 29.9 Å². The van der Waals surface area contributed by atoms with Gasteiger partial charge in [0.25, 0.3) is 5.89 Å². The molecule has 0 aliphatic rings. The fourth-order valence-corrected chi connectivity index (χ4v) is 2.98. The molecule has 1 aromatic carbocycles. The van der Waals surface area contributed by atoms with Gasteiger partial charge in [0.1, 0.15) is 12.3 Å². The van der Waals surface area contributed by atoms with Crippen molar-refractivity contribution >= 4 is 11.9 Å². The number of hydrogen-bond acceptors (Lipinski definition) is 8. The van der Waals surface area contributed by atoms with Gasteiger partial charge in [0.15, 0.2) is 0 Å². The van der Waals surface area contributed by atoms with Crippen LogP contribution in [0.4, 0.5) is 5.95 Å². The van der Waals surface area contributed by atoms with E-state index in [0.29, 0.717) is 36.3 Å². The maximum atomic E-state index is 11.1. The highest BCUT2D eigenvalue weighted by molar-refractivity contribution is 5.76. The molecule has 0 radical (unpaired) electrons. The zero-order chi connectivity index (χ0) is 21.5. The van der Waals surface area contributed by atoms with E-state index in [2.05, 4.69) is 44.2 Å². The SMILES string of the molecule is CCN(CC)c1nc(C)cc(-c2nc(-c3ccc(CCNC(=O)CO)cc3)no2)n1. The molecule has 3 rings (SSSR count). The minimum Gasteiger partial charge on any atom is -0.387 e. The molecule has 3 aromatic rings. The van der Waals surface area contributed by atoms with Gasteiger partial charge in [0.05, 0.1) is 0 Å². The fourth-order valence-electron chi connectivity index (χ4n) is 2.98. The molecule has 0 unspecified atom stereocenters. The summed E-state index contributed by atoms with van der Waals surface area (Å²) in [4.78, 5) is 26.7. The van der Waals surface area contributed by atoms with Crippen LogP contribution in [0.5, 0.6) is 0 Å². The number of aliphatic hydroxyl groups excluding tert-OH is 1. The summed E-state index contributed by atoms with van der Waals surface area (Å²) in [5, 5.41) is 15.4. The van der Waals surface area contributed by atoms with Crippen LogP contribution in [0.1, 0.15) is 25.1 Å². The smallest absolute Gasteiger partial charge is 0.277 e. The number of benzene rings is 1. The first-order chi connectivity index (χ1) is 14.5. The normalized spacial score (nSPS) is 10.8. The van der Waals surface area contributed by atoms with Crippen molar-refractivity contribution in [3.8, 4) is 23.0 Å². The minimum absolute atomic E-state index is 0.347. The summed E-state index contributed by atoms with van der Waals surface area (Å²) in [6.45, 7) is 7.62. The number of hydrogen-bond donors (Lipinski definition) is 2. The van der Waals surface area contributed by atoms with Gasteiger partial charge in [-0.05, 0) is 38.8 Å². The van der Waals surface area contributed by atoms with Crippen LogP contribution in [0.3, 0.4) is 0 Å². The van der Waals surface area contributed by atoms with Gasteiger partial charge in [-0.25, -0.2) is 9.97 Å².